The standard InChI is InChI=1S/C16H30N4O2/c1-16(2,3)22-15(21)17-11-13-6-9-20(10-7-13)12-14-5-8-18-19(14)4/h5,13,18H,6-12H2,1-4H3,(H,17,21). The number of nitrogens with one attached hydrogen (secondary N) is 2. The molecule has 0 atom stereocenters. The summed E-state index contributed by atoms with van der Waals surface area (Å²) in [5.41, 5.74) is 4.20. The lowest BCUT2D eigenvalue weighted by Gasteiger charge is -2.33. The quantitative estimate of drug-likeness (QED) is 0.825. The van der Waals surface area contributed by atoms with Gasteiger partial charge >= 0.3 is 6.09 Å². The number of likely N-dealkylation sites (N-methyl/N-ethyl adjacent to an activating group) is 1. The number of ether oxygens (including phenoxy) is 1. The first-order chi connectivity index (χ1) is 10.3. The van der Waals surface area contributed by atoms with E-state index in [4.69, 9.17) is 4.74 Å². The molecule has 6 heteroatoms. The van der Waals surface area contributed by atoms with Crippen molar-refractivity contribution < 1.29 is 9.53 Å². The number of rotatable bonds is 4. The summed E-state index contributed by atoms with van der Waals surface area (Å²) in [5, 5.41) is 5.00. The number of carbonyl (C=O) groups is 1. The first-order valence-corrected chi connectivity index (χ1v) is 8.19. The second-order valence-electron chi connectivity index (χ2n) is 7.22. The van der Waals surface area contributed by atoms with E-state index in [-0.39, 0.29) is 6.09 Å². The van der Waals surface area contributed by atoms with Crippen LogP contribution in [0.2, 0.25) is 0 Å². The zero-order valence-electron chi connectivity index (χ0n) is 14.3. The predicted octanol–water partition coefficient (Wildman–Crippen LogP) is 1.56. The van der Waals surface area contributed by atoms with Gasteiger partial charge in [0.15, 0.2) is 0 Å². The third kappa shape index (κ3) is 5.50. The Bertz CT molecular complexity index is 409. The third-order valence-electron chi connectivity index (χ3n) is 4.12. The van der Waals surface area contributed by atoms with E-state index in [1.165, 1.54) is 5.70 Å². The van der Waals surface area contributed by atoms with Crippen molar-refractivity contribution >= 4 is 6.09 Å². The monoisotopic (exact) mass is 310 g/mol. The van der Waals surface area contributed by atoms with Crippen LogP contribution >= 0.6 is 0 Å². The third-order valence-corrected chi connectivity index (χ3v) is 4.12. The van der Waals surface area contributed by atoms with Crippen molar-refractivity contribution in [3.8, 4) is 0 Å². The number of alkyl carbamates (subject to hydrolysis) is 1. The highest BCUT2D eigenvalue weighted by molar-refractivity contribution is 5.67. The second-order valence-corrected chi connectivity index (χ2v) is 7.22. The van der Waals surface area contributed by atoms with Gasteiger partial charge in [0.2, 0.25) is 0 Å². The molecule has 0 aromatic carbocycles. The lowest BCUT2D eigenvalue weighted by Crippen LogP contribution is -2.42. The Morgan fingerprint density at radius 3 is 2.64 bits per heavy atom. The van der Waals surface area contributed by atoms with Gasteiger partial charge in [-0.1, -0.05) is 0 Å². The van der Waals surface area contributed by atoms with E-state index >= 15 is 0 Å². The van der Waals surface area contributed by atoms with Crippen LogP contribution in [0.4, 0.5) is 4.79 Å². The summed E-state index contributed by atoms with van der Waals surface area (Å²) in [7, 11) is 2.07. The molecule has 2 aliphatic rings. The van der Waals surface area contributed by atoms with Crippen molar-refractivity contribution in [1.82, 2.24) is 20.7 Å². The maximum absolute atomic E-state index is 11.7. The van der Waals surface area contributed by atoms with Crippen molar-refractivity contribution in [2.45, 2.75) is 39.2 Å². The van der Waals surface area contributed by atoms with Crippen molar-refractivity contribution in [1.29, 1.82) is 0 Å². The SMILES string of the molecule is CN1NCC=C1CN1CCC(CNC(=O)OC(C)(C)C)CC1. The molecule has 6 nitrogen and oxygen atoms in total. The maximum atomic E-state index is 11.7. The van der Waals surface area contributed by atoms with Crippen LogP contribution in [0.15, 0.2) is 11.8 Å². The summed E-state index contributed by atoms with van der Waals surface area (Å²) in [6.45, 7) is 10.5. The fraction of sp³-hybridized carbons (Fsp3) is 0.812. The predicted molar refractivity (Wildman–Crippen MR) is 87.2 cm³/mol. The van der Waals surface area contributed by atoms with Crippen LogP contribution in [0.25, 0.3) is 0 Å². The second kappa shape index (κ2) is 7.33. The maximum Gasteiger partial charge on any atom is 0.407 e. The van der Waals surface area contributed by atoms with Gasteiger partial charge in [-0.15, -0.1) is 0 Å². The minimum Gasteiger partial charge on any atom is -0.444 e. The molecule has 0 aromatic heterocycles. The molecule has 22 heavy (non-hydrogen) atoms. The van der Waals surface area contributed by atoms with Gasteiger partial charge in [-0.3, -0.25) is 4.90 Å². The van der Waals surface area contributed by atoms with Gasteiger partial charge in [-0.25, -0.2) is 10.2 Å². The fourth-order valence-electron chi connectivity index (χ4n) is 2.83. The van der Waals surface area contributed by atoms with Gasteiger partial charge in [0, 0.05) is 32.4 Å². The van der Waals surface area contributed by atoms with Gasteiger partial charge in [0.05, 0.1) is 0 Å². The normalized spacial score (nSPS) is 20.9. The zero-order valence-corrected chi connectivity index (χ0v) is 14.3. The Labute approximate surface area is 133 Å². The summed E-state index contributed by atoms with van der Waals surface area (Å²) >= 11 is 0. The summed E-state index contributed by atoms with van der Waals surface area (Å²) in [5.74, 6) is 0.553. The minimum atomic E-state index is -0.428. The number of hydrogen-bond donors (Lipinski definition) is 2. The van der Waals surface area contributed by atoms with Crippen molar-refractivity contribution in [3.63, 3.8) is 0 Å². The first-order valence-electron chi connectivity index (χ1n) is 8.19. The Balaban J connectivity index is 1.64. The number of hydrogen-bond acceptors (Lipinski definition) is 5. The molecule has 0 radical (unpaired) electrons. The molecule has 2 rings (SSSR count). The lowest BCUT2D eigenvalue weighted by molar-refractivity contribution is 0.0510. The molecule has 1 amide bonds. The van der Waals surface area contributed by atoms with E-state index in [1.54, 1.807) is 0 Å². The molecule has 0 spiro atoms. The van der Waals surface area contributed by atoms with Crippen molar-refractivity contribution in [2.75, 3.05) is 39.8 Å². The molecule has 2 N–H and O–H groups in total. The summed E-state index contributed by atoms with van der Waals surface area (Å²) in [4.78, 5) is 14.2. The Morgan fingerprint density at radius 1 is 1.41 bits per heavy atom. The molecule has 2 heterocycles. The minimum absolute atomic E-state index is 0.307. The van der Waals surface area contributed by atoms with E-state index in [9.17, 15) is 4.79 Å². The summed E-state index contributed by atoms with van der Waals surface area (Å²) in [6, 6.07) is 0. The molecule has 2 aliphatic heterocycles. The lowest BCUT2D eigenvalue weighted by atomic mass is 9.97. The molecule has 0 saturated carbocycles. The van der Waals surface area contributed by atoms with Gasteiger partial charge in [0.25, 0.3) is 0 Å². The van der Waals surface area contributed by atoms with Gasteiger partial charge < -0.3 is 15.1 Å². The average Bonchev–Trinajstić information content (AvgIpc) is 2.82. The number of amides is 1. The van der Waals surface area contributed by atoms with Crippen LogP contribution in [-0.4, -0.2) is 61.4 Å². The molecule has 1 saturated heterocycles. The van der Waals surface area contributed by atoms with Crippen molar-refractivity contribution in [2.24, 2.45) is 5.92 Å². The zero-order chi connectivity index (χ0) is 16.2. The number of piperidine rings is 1. The molecule has 0 bridgehead atoms. The van der Waals surface area contributed by atoms with Crippen LogP contribution in [0.1, 0.15) is 33.6 Å². The van der Waals surface area contributed by atoms with Crippen molar-refractivity contribution in [3.05, 3.63) is 11.8 Å². The van der Waals surface area contributed by atoms with E-state index < -0.39 is 5.60 Å². The summed E-state index contributed by atoms with van der Waals surface area (Å²) < 4.78 is 5.27. The van der Waals surface area contributed by atoms with Gasteiger partial charge in [0.1, 0.15) is 5.60 Å². The Kier molecular flexibility index (Phi) is 5.69. The number of likely N-dealkylation sites (tertiary alicyclic amines) is 1. The van der Waals surface area contributed by atoms with E-state index in [0.717, 1.165) is 39.0 Å². The largest absolute Gasteiger partial charge is 0.444 e. The highest BCUT2D eigenvalue weighted by Gasteiger charge is 2.23. The molecule has 0 aliphatic carbocycles. The van der Waals surface area contributed by atoms with Gasteiger partial charge in [-0.05, 0) is 58.7 Å². The highest BCUT2D eigenvalue weighted by atomic mass is 16.6. The smallest absolute Gasteiger partial charge is 0.407 e. The molecular weight excluding hydrogens is 280 g/mol. The molecular formula is C16H30N4O2. The van der Waals surface area contributed by atoms with E-state index in [2.05, 4.69) is 33.8 Å². The Hall–Kier alpha value is -1.27. The number of carbonyl (C=O) groups excluding carboxylic acids is 1. The van der Waals surface area contributed by atoms with Gasteiger partial charge in [-0.2, -0.15) is 0 Å². The summed E-state index contributed by atoms with van der Waals surface area (Å²) in [6.07, 6.45) is 4.19. The fourth-order valence-corrected chi connectivity index (χ4v) is 2.83. The van der Waals surface area contributed by atoms with Crippen LogP contribution < -0.4 is 10.7 Å². The number of nitrogens with zero attached hydrogens (tertiary/aromatic N) is 2. The average molecular weight is 310 g/mol. The van der Waals surface area contributed by atoms with Crippen LogP contribution in [-0.2, 0) is 4.74 Å². The number of hydrazine groups is 1. The Morgan fingerprint density at radius 2 is 2.09 bits per heavy atom. The van der Waals surface area contributed by atoms with E-state index in [0.29, 0.717) is 12.5 Å². The molecule has 126 valence electrons. The molecule has 0 aromatic rings. The highest BCUT2D eigenvalue weighted by Crippen LogP contribution is 2.18. The first kappa shape index (κ1) is 17.1. The molecule has 0 unspecified atom stereocenters. The van der Waals surface area contributed by atoms with Crippen LogP contribution in [0.5, 0.6) is 0 Å². The molecule has 1 fully saturated rings. The van der Waals surface area contributed by atoms with Crippen LogP contribution in [0.3, 0.4) is 0 Å². The van der Waals surface area contributed by atoms with Crippen LogP contribution in [0, 0.1) is 5.92 Å². The van der Waals surface area contributed by atoms with E-state index in [1.807, 2.05) is 20.8 Å². The topological polar surface area (TPSA) is 56.8 Å².